The fraction of sp³-hybridized carbons (Fsp3) is 0.500. The van der Waals surface area contributed by atoms with E-state index in [1.807, 2.05) is 24.3 Å². The molecular weight excluding hydrogens is 452 g/mol. The molecule has 0 saturated carbocycles. The van der Waals surface area contributed by atoms with Crippen LogP contribution in [0, 0.1) is 5.92 Å². The van der Waals surface area contributed by atoms with Gasteiger partial charge in [-0.2, -0.15) is 4.98 Å². The van der Waals surface area contributed by atoms with Crippen molar-refractivity contribution in [2.75, 3.05) is 42.1 Å². The topological polar surface area (TPSA) is 113 Å². The zero-order chi connectivity index (χ0) is 23.1. The van der Waals surface area contributed by atoms with Gasteiger partial charge < -0.3 is 20.0 Å². The second-order valence-electron chi connectivity index (χ2n) is 9.32. The van der Waals surface area contributed by atoms with Crippen LogP contribution in [0.3, 0.4) is 0 Å². The summed E-state index contributed by atoms with van der Waals surface area (Å²) in [6.45, 7) is 3.00. The van der Waals surface area contributed by atoms with E-state index in [1.165, 1.54) is 0 Å². The molecule has 2 saturated heterocycles. The molecule has 178 valence electrons. The lowest BCUT2D eigenvalue weighted by molar-refractivity contribution is -0.122. The summed E-state index contributed by atoms with van der Waals surface area (Å²) in [5.41, 5.74) is 2.63. The van der Waals surface area contributed by atoms with Crippen LogP contribution in [0.15, 0.2) is 33.6 Å². The van der Waals surface area contributed by atoms with Crippen LogP contribution in [0.1, 0.15) is 43.2 Å². The summed E-state index contributed by atoms with van der Waals surface area (Å²) < 4.78 is 18.7. The number of carbonyl (C=O) groups excluding carboxylic acids is 1. The van der Waals surface area contributed by atoms with Gasteiger partial charge in [-0.05, 0) is 37.3 Å². The van der Waals surface area contributed by atoms with Crippen molar-refractivity contribution in [3.8, 4) is 0 Å². The van der Waals surface area contributed by atoms with Crippen molar-refractivity contribution >= 4 is 39.6 Å². The summed E-state index contributed by atoms with van der Waals surface area (Å²) in [6.07, 6.45) is 3.96. The molecule has 6 rings (SSSR count). The van der Waals surface area contributed by atoms with Gasteiger partial charge in [0.25, 0.3) is 0 Å². The van der Waals surface area contributed by atoms with Gasteiger partial charge in [0.1, 0.15) is 16.2 Å². The number of benzene rings is 1. The molecule has 1 unspecified atom stereocenters. The lowest BCUT2D eigenvalue weighted by Gasteiger charge is -2.31. The third kappa shape index (κ3) is 4.15. The van der Waals surface area contributed by atoms with E-state index in [1.54, 1.807) is 0 Å². The molecule has 2 atom stereocenters. The zero-order valence-electron chi connectivity index (χ0n) is 19.0. The highest BCUT2D eigenvalue weighted by Gasteiger charge is 2.30. The first kappa shape index (κ1) is 21.5. The molecule has 1 aromatic carbocycles. The second-order valence-corrected chi connectivity index (χ2v) is 10.8. The number of rotatable bonds is 5. The molecule has 2 aromatic heterocycles. The van der Waals surface area contributed by atoms with E-state index >= 15 is 0 Å². The number of anilines is 2. The zero-order valence-corrected chi connectivity index (χ0v) is 19.8. The van der Waals surface area contributed by atoms with E-state index in [-0.39, 0.29) is 11.8 Å². The summed E-state index contributed by atoms with van der Waals surface area (Å²) in [6, 6.07) is 7.88. The minimum atomic E-state index is -1.07. The Bertz CT molecular complexity index is 1210. The Kier molecular flexibility index (Phi) is 5.68. The van der Waals surface area contributed by atoms with Crippen LogP contribution < -0.4 is 15.5 Å². The second kappa shape index (κ2) is 8.98. The Hall–Kier alpha value is -3.01. The van der Waals surface area contributed by atoms with Crippen molar-refractivity contribution < 1.29 is 13.4 Å². The van der Waals surface area contributed by atoms with Crippen LogP contribution in [-0.2, 0) is 22.0 Å². The lowest BCUT2D eigenvalue weighted by Crippen LogP contribution is -2.38. The Balaban J connectivity index is 1.17. The molecule has 0 aliphatic carbocycles. The smallest absolute Gasteiger partial charge is 0.227 e. The van der Waals surface area contributed by atoms with E-state index < -0.39 is 10.8 Å². The van der Waals surface area contributed by atoms with Crippen LogP contribution in [0.4, 0.5) is 11.8 Å². The number of hydrogen-bond acceptors (Lipinski definition) is 8. The number of aromatic nitrogens is 3. The van der Waals surface area contributed by atoms with Gasteiger partial charge in [-0.15, -0.1) is 0 Å². The first-order chi connectivity index (χ1) is 16.6. The summed E-state index contributed by atoms with van der Waals surface area (Å²) in [5, 5.41) is 6.37. The number of carbonyl (C=O) groups is 1. The summed E-state index contributed by atoms with van der Waals surface area (Å²) in [5.74, 6) is 3.54. The average molecular weight is 481 g/mol. The molecule has 10 heteroatoms. The maximum Gasteiger partial charge on any atom is 0.227 e. The van der Waals surface area contributed by atoms with Gasteiger partial charge in [0.05, 0.1) is 16.5 Å². The van der Waals surface area contributed by atoms with Crippen molar-refractivity contribution in [1.82, 2.24) is 20.3 Å². The van der Waals surface area contributed by atoms with E-state index in [0.29, 0.717) is 49.4 Å². The van der Waals surface area contributed by atoms with Crippen LogP contribution in [0.25, 0.3) is 11.1 Å². The molecular formula is C24H28N6O3S. The predicted octanol–water partition coefficient (Wildman–Crippen LogP) is 2.60. The lowest BCUT2D eigenvalue weighted by atomic mass is 9.97. The van der Waals surface area contributed by atoms with Crippen molar-refractivity contribution in [3.05, 3.63) is 35.9 Å². The Morgan fingerprint density at radius 2 is 1.97 bits per heavy atom. The summed E-state index contributed by atoms with van der Waals surface area (Å²) >= 11 is 0. The number of amides is 1. The molecule has 2 N–H and O–H groups in total. The molecule has 3 aliphatic heterocycles. The van der Waals surface area contributed by atoms with Gasteiger partial charge in [0.15, 0.2) is 11.5 Å². The van der Waals surface area contributed by atoms with Crippen molar-refractivity contribution in [2.24, 2.45) is 5.92 Å². The van der Waals surface area contributed by atoms with E-state index in [9.17, 15) is 9.00 Å². The molecule has 3 aromatic rings. The number of piperidine rings is 2. The number of hydrogen-bond donors (Lipinski definition) is 2. The van der Waals surface area contributed by atoms with Gasteiger partial charge in [-0.25, -0.2) is 9.97 Å². The Morgan fingerprint density at radius 1 is 1.12 bits per heavy atom. The number of nitrogens with one attached hydrogen (secondary N) is 2. The van der Waals surface area contributed by atoms with Gasteiger partial charge in [-0.1, -0.05) is 12.1 Å². The minimum absolute atomic E-state index is 0.115. The van der Waals surface area contributed by atoms with Crippen molar-refractivity contribution in [2.45, 2.75) is 42.9 Å². The summed E-state index contributed by atoms with van der Waals surface area (Å²) in [7, 11) is -1.07. The Labute approximate surface area is 200 Å². The number of oxazole rings is 1. The summed E-state index contributed by atoms with van der Waals surface area (Å²) in [4.78, 5) is 28.8. The highest BCUT2D eigenvalue weighted by molar-refractivity contribution is 7.85. The molecule has 34 heavy (non-hydrogen) atoms. The largest absolute Gasteiger partial charge is 0.440 e. The van der Waals surface area contributed by atoms with Crippen LogP contribution >= 0.6 is 0 Å². The van der Waals surface area contributed by atoms with Crippen LogP contribution in [0.2, 0.25) is 0 Å². The predicted molar refractivity (Wildman–Crippen MR) is 129 cm³/mol. The molecule has 0 spiro atoms. The SMILES string of the molecule is O=C1CC[C@@H](CNc2nc(N3CCC(c4nc5ccccc5o4)CC3)nc3c2S(=O)CC3)CN1. The third-order valence-electron chi connectivity index (χ3n) is 7.04. The first-order valence-electron chi connectivity index (χ1n) is 12.0. The molecule has 2 fully saturated rings. The number of fused-ring (bicyclic) bond motifs is 2. The molecule has 0 bridgehead atoms. The molecule has 3 aliphatic rings. The highest BCUT2D eigenvalue weighted by Crippen LogP contribution is 2.34. The molecule has 1 amide bonds. The molecule has 0 radical (unpaired) electrons. The average Bonchev–Trinajstić information content (AvgIpc) is 3.47. The standard InChI is InChI=1S/C24H28N6O3S/c31-20-6-5-15(13-25-20)14-26-22-21-18(9-12-34(21)32)28-24(29-22)30-10-7-16(8-11-30)23-27-17-3-1-2-4-19(17)33-23/h1-4,15-16H,5-14H2,(H,25,31)(H,26,28,29)/t15-,34?/m1/s1. The van der Waals surface area contributed by atoms with E-state index in [0.717, 1.165) is 59.9 Å². The fourth-order valence-corrected chi connectivity index (χ4v) is 6.36. The normalized spacial score (nSPS) is 23.2. The van der Waals surface area contributed by atoms with Gasteiger partial charge in [0, 0.05) is 50.7 Å². The van der Waals surface area contributed by atoms with Crippen LogP contribution in [0.5, 0.6) is 0 Å². The fourth-order valence-electron chi connectivity index (χ4n) is 5.04. The molecule has 5 heterocycles. The van der Waals surface area contributed by atoms with Crippen LogP contribution in [-0.4, -0.2) is 57.0 Å². The van der Waals surface area contributed by atoms with E-state index in [4.69, 9.17) is 19.4 Å². The van der Waals surface area contributed by atoms with Gasteiger partial charge >= 0.3 is 0 Å². The number of para-hydroxylation sites is 2. The maximum atomic E-state index is 12.6. The third-order valence-corrected chi connectivity index (χ3v) is 8.50. The van der Waals surface area contributed by atoms with Crippen molar-refractivity contribution in [3.63, 3.8) is 0 Å². The quantitative estimate of drug-likeness (QED) is 0.573. The number of aryl methyl sites for hydroxylation is 1. The van der Waals surface area contributed by atoms with Gasteiger partial charge in [-0.3, -0.25) is 9.00 Å². The maximum absolute atomic E-state index is 12.6. The minimum Gasteiger partial charge on any atom is -0.440 e. The monoisotopic (exact) mass is 480 g/mol. The molecule has 9 nitrogen and oxygen atoms in total. The highest BCUT2D eigenvalue weighted by atomic mass is 32.2. The first-order valence-corrected chi connectivity index (χ1v) is 13.4. The van der Waals surface area contributed by atoms with E-state index in [2.05, 4.69) is 15.5 Å². The van der Waals surface area contributed by atoms with Crippen molar-refractivity contribution in [1.29, 1.82) is 0 Å². The van der Waals surface area contributed by atoms with Gasteiger partial charge in [0.2, 0.25) is 11.9 Å². The number of nitrogens with zero attached hydrogens (tertiary/aromatic N) is 4. The Morgan fingerprint density at radius 3 is 2.76 bits per heavy atom.